The van der Waals surface area contributed by atoms with Crippen molar-refractivity contribution in [2.45, 2.75) is 52.1 Å². The van der Waals surface area contributed by atoms with Crippen molar-refractivity contribution in [2.75, 3.05) is 24.5 Å². The first kappa shape index (κ1) is 30.7. The zero-order valence-corrected chi connectivity index (χ0v) is 24.9. The summed E-state index contributed by atoms with van der Waals surface area (Å²) in [5.41, 5.74) is 2.94. The van der Waals surface area contributed by atoms with Crippen LogP contribution in [0.3, 0.4) is 0 Å². The number of ether oxygens (including phenoxy) is 1. The molecule has 1 unspecified atom stereocenters. The van der Waals surface area contributed by atoms with Gasteiger partial charge in [0.25, 0.3) is 10.0 Å². The molecule has 40 heavy (non-hydrogen) atoms. The number of aryl methyl sites for hydroxylation is 2. The van der Waals surface area contributed by atoms with Crippen LogP contribution in [0.2, 0.25) is 0 Å². The average Bonchev–Trinajstić information content (AvgIpc) is 2.94. The van der Waals surface area contributed by atoms with Gasteiger partial charge in [0.15, 0.2) is 0 Å². The van der Waals surface area contributed by atoms with Crippen molar-refractivity contribution in [3.8, 4) is 5.75 Å². The third-order valence-corrected chi connectivity index (χ3v) is 8.31. The zero-order valence-electron chi connectivity index (χ0n) is 24.0. The molecule has 0 aliphatic rings. The van der Waals surface area contributed by atoms with Crippen LogP contribution >= 0.6 is 0 Å². The monoisotopic (exact) mass is 565 g/mol. The van der Waals surface area contributed by atoms with Crippen molar-refractivity contribution in [1.82, 2.24) is 10.2 Å². The Labute approximate surface area is 238 Å². The van der Waals surface area contributed by atoms with E-state index in [9.17, 15) is 18.0 Å². The minimum Gasteiger partial charge on any atom is -0.495 e. The number of anilines is 1. The quantitative estimate of drug-likeness (QED) is 0.344. The Morgan fingerprint density at radius 3 is 2.12 bits per heavy atom. The van der Waals surface area contributed by atoms with Gasteiger partial charge in [0, 0.05) is 13.1 Å². The van der Waals surface area contributed by atoms with E-state index in [0.29, 0.717) is 12.3 Å². The van der Waals surface area contributed by atoms with Gasteiger partial charge in [0.2, 0.25) is 11.8 Å². The zero-order chi connectivity index (χ0) is 29.4. The van der Waals surface area contributed by atoms with E-state index >= 15 is 0 Å². The Kier molecular flexibility index (Phi) is 10.3. The van der Waals surface area contributed by atoms with Crippen LogP contribution in [0.1, 0.15) is 37.5 Å². The maximum absolute atomic E-state index is 14.0. The molecule has 214 valence electrons. The third-order valence-electron chi connectivity index (χ3n) is 6.54. The van der Waals surface area contributed by atoms with Gasteiger partial charge in [-0.05, 0) is 62.1 Å². The number of nitrogens with one attached hydrogen (secondary N) is 1. The van der Waals surface area contributed by atoms with E-state index in [-0.39, 0.29) is 29.0 Å². The van der Waals surface area contributed by atoms with Gasteiger partial charge in [-0.15, -0.1) is 0 Å². The maximum atomic E-state index is 14.0. The molecule has 0 aromatic heterocycles. The minimum atomic E-state index is -4.17. The first-order valence-corrected chi connectivity index (χ1v) is 14.7. The van der Waals surface area contributed by atoms with Crippen LogP contribution in [0.5, 0.6) is 5.75 Å². The Bertz CT molecular complexity index is 1410. The van der Waals surface area contributed by atoms with Crippen LogP contribution in [0.4, 0.5) is 5.69 Å². The second-order valence-corrected chi connectivity index (χ2v) is 12.2. The number of benzene rings is 3. The lowest BCUT2D eigenvalue weighted by molar-refractivity contribution is -0.139. The standard InChI is InChI=1S/C31H39N3O5S/c1-22(2)19-32-31(36)25(5)33(20-26-15-12-23(3)13-16-26)30(35)21-34(28-18-24(4)14-17-29(28)39-6)40(37,38)27-10-8-7-9-11-27/h7-18,22,25H,19-21H2,1-6H3,(H,32,36). The second-order valence-electron chi connectivity index (χ2n) is 10.3. The molecular weight excluding hydrogens is 526 g/mol. The van der Waals surface area contributed by atoms with Crippen LogP contribution in [-0.4, -0.2) is 51.4 Å². The topological polar surface area (TPSA) is 96.0 Å². The number of carbonyl (C=O) groups is 2. The van der Waals surface area contributed by atoms with E-state index in [2.05, 4.69) is 5.32 Å². The predicted molar refractivity (Wildman–Crippen MR) is 158 cm³/mol. The lowest BCUT2D eigenvalue weighted by atomic mass is 10.1. The largest absolute Gasteiger partial charge is 0.495 e. The van der Waals surface area contributed by atoms with Gasteiger partial charge in [-0.3, -0.25) is 13.9 Å². The summed E-state index contributed by atoms with van der Waals surface area (Å²) < 4.78 is 34.5. The number of methoxy groups -OCH3 is 1. The molecule has 0 aliphatic heterocycles. The Morgan fingerprint density at radius 1 is 0.900 bits per heavy atom. The lowest BCUT2D eigenvalue weighted by Gasteiger charge is -2.32. The van der Waals surface area contributed by atoms with Crippen LogP contribution in [0.25, 0.3) is 0 Å². The highest BCUT2D eigenvalue weighted by molar-refractivity contribution is 7.92. The van der Waals surface area contributed by atoms with Crippen LogP contribution in [0.15, 0.2) is 77.7 Å². The van der Waals surface area contributed by atoms with Crippen LogP contribution in [-0.2, 0) is 26.2 Å². The summed E-state index contributed by atoms with van der Waals surface area (Å²) in [4.78, 5) is 28.6. The second kappa shape index (κ2) is 13.5. The normalized spacial score (nSPS) is 12.1. The fourth-order valence-corrected chi connectivity index (χ4v) is 5.59. The van der Waals surface area contributed by atoms with Gasteiger partial charge in [-0.25, -0.2) is 8.42 Å². The molecule has 1 atom stereocenters. The molecule has 3 rings (SSSR count). The molecule has 0 saturated carbocycles. The highest BCUT2D eigenvalue weighted by Gasteiger charge is 2.33. The Balaban J connectivity index is 2.06. The maximum Gasteiger partial charge on any atom is 0.264 e. The van der Waals surface area contributed by atoms with E-state index in [0.717, 1.165) is 21.0 Å². The van der Waals surface area contributed by atoms with Crippen molar-refractivity contribution in [3.63, 3.8) is 0 Å². The minimum absolute atomic E-state index is 0.0409. The summed E-state index contributed by atoms with van der Waals surface area (Å²) in [5, 5.41) is 2.89. The summed E-state index contributed by atoms with van der Waals surface area (Å²) in [6.07, 6.45) is 0. The number of sulfonamides is 1. The molecule has 8 nitrogen and oxygen atoms in total. The van der Waals surface area contributed by atoms with Crippen molar-refractivity contribution in [3.05, 3.63) is 89.5 Å². The molecule has 0 fully saturated rings. The molecule has 3 aromatic rings. The molecular formula is C31H39N3O5S. The van der Waals surface area contributed by atoms with Gasteiger partial charge in [0.05, 0.1) is 17.7 Å². The Hall–Kier alpha value is -3.85. The molecule has 0 spiro atoms. The van der Waals surface area contributed by atoms with Gasteiger partial charge < -0.3 is 15.0 Å². The van der Waals surface area contributed by atoms with Crippen molar-refractivity contribution in [2.24, 2.45) is 5.92 Å². The van der Waals surface area contributed by atoms with Crippen LogP contribution < -0.4 is 14.4 Å². The van der Waals surface area contributed by atoms with Crippen molar-refractivity contribution >= 4 is 27.5 Å². The molecule has 0 aliphatic carbocycles. The number of nitrogens with zero attached hydrogens (tertiary/aromatic N) is 2. The smallest absolute Gasteiger partial charge is 0.264 e. The van der Waals surface area contributed by atoms with Crippen molar-refractivity contribution < 1.29 is 22.7 Å². The summed E-state index contributed by atoms with van der Waals surface area (Å²) in [5.74, 6) is -0.279. The van der Waals surface area contributed by atoms with E-state index in [1.165, 1.54) is 24.1 Å². The predicted octanol–water partition coefficient (Wildman–Crippen LogP) is 4.70. The molecule has 2 amide bonds. The van der Waals surface area contributed by atoms with Gasteiger partial charge in [-0.2, -0.15) is 0 Å². The summed E-state index contributed by atoms with van der Waals surface area (Å²) >= 11 is 0. The summed E-state index contributed by atoms with van der Waals surface area (Å²) in [7, 11) is -2.72. The highest BCUT2D eigenvalue weighted by atomic mass is 32.2. The fraction of sp³-hybridized carbons (Fsp3) is 0.355. The third kappa shape index (κ3) is 7.63. The molecule has 0 heterocycles. The summed E-state index contributed by atoms with van der Waals surface area (Å²) in [6.45, 7) is 9.52. The summed E-state index contributed by atoms with van der Waals surface area (Å²) in [6, 6.07) is 19.9. The number of carbonyl (C=O) groups excluding carboxylic acids is 2. The van der Waals surface area contributed by atoms with E-state index < -0.39 is 28.5 Å². The van der Waals surface area contributed by atoms with Gasteiger partial charge >= 0.3 is 0 Å². The SMILES string of the molecule is COc1ccc(C)cc1N(CC(=O)N(Cc1ccc(C)cc1)C(C)C(=O)NCC(C)C)S(=O)(=O)c1ccccc1. The van der Waals surface area contributed by atoms with E-state index in [1.807, 2.05) is 58.0 Å². The number of hydrogen-bond donors (Lipinski definition) is 1. The molecule has 3 aromatic carbocycles. The Morgan fingerprint density at radius 2 is 1.52 bits per heavy atom. The molecule has 0 radical (unpaired) electrons. The average molecular weight is 566 g/mol. The van der Waals surface area contributed by atoms with E-state index in [1.54, 1.807) is 37.3 Å². The fourth-order valence-electron chi connectivity index (χ4n) is 4.15. The van der Waals surface area contributed by atoms with Crippen LogP contribution in [0, 0.1) is 19.8 Å². The molecule has 1 N–H and O–H groups in total. The van der Waals surface area contributed by atoms with E-state index in [4.69, 9.17) is 4.74 Å². The molecule has 9 heteroatoms. The number of hydrogen-bond acceptors (Lipinski definition) is 5. The first-order valence-electron chi connectivity index (χ1n) is 13.3. The highest BCUT2D eigenvalue weighted by Crippen LogP contribution is 2.33. The first-order chi connectivity index (χ1) is 18.9. The molecule has 0 bridgehead atoms. The molecule has 0 saturated heterocycles. The van der Waals surface area contributed by atoms with Crippen molar-refractivity contribution in [1.29, 1.82) is 0 Å². The van der Waals surface area contributed by atoms with Gasteiger partial charge in [0.1, 0.15) is 18.3 Å². The number of rotatable bonds is 12. The lowest BCUT2D eigenvalue weighted by Crippen LogP contribution is -2.51. The number of amides is 2. The van der Waals surface area contributed by atoms with Gasteiger partial charge in [-0.1, -0.05) is 67.9 Å².